The second-order valence-corrected chi connectivity index (χ2v) is 8.94. The van der Waals surface area contributed by atoms with Gasteiger partial charge in [0, 0.05) is 6.92 Å². The van der Waals surface area contributed by atoms with Crippen molar-refractivity contribution in [3.8, 4) is 0 Å². The van der Waals surface area contributed by atoms with E-state index in [2.05, 4.69) is 0 Å². The molecule has 0 aromatic heterocycles. The lowest BCUT2D eigenvalue weighted by atomic mass is 9.97. The van der Waals surface area contributed by atoms with Gasteiger partial charge < -0.3 is 74.4 Å². The third-order valence-corrected chi connectivity index (χ3v) is 6.30. The molecule has 9 N–H and O–H groups in total. The minimum atomic E-state index is -1.82. The van der Waals surface area contributed by atoms with Crippen LogP contribution in [0.15, 0.2) is 0 Å². The predicted octanol–water partition coefficient (Wildman–Crippen LogP) is -5.97. The van der Waals surface area contributed by atoms with Gasteiger partial charge in [-0.2, -0.15) is 0 Å². The van der Waals surface area contributed by atoms with Crippen molar-refractivity contribution >= 4 is 5.97 Å². The summed E-state index contributed by atoms with van der Waals surface area (Å²) in [7, 11) is 0. The molecule has 0 aromatic rings. The van der Waals surface area contributed by atoms with Crippen LogP contribution in [0, 0.1) is 0 Å². The predicted molar refractivity (Wildman–Crippen MR) is 109 cm³/mol. The molecule has 15 atom stereocenters. The van der Waals surface area contributed by atoms with Gasteiger partial charge in [0.2, 0.25) is 0 Å². The van der Waals surface area contributed by atoms with E-state index in [9.17, 15) is 50.8 Å². The third-order valence-electron chi connectivity index (χ3n) is 6.30. The molecular formula is C20H34O16. The van der Waals surface area contributed by atoms with E-state index >= 15 is 0 Å². The summed E-state index contributed by atoms with van der Waals surface area (Å²) in [6, 6.07) is 0. The minimum Gasteiger partial charge on any atom is -0.457 e. The minimum absolute atomic E-state index is 0.564. The molecule has 36 heavy (non-hydrogen) atoms. The first-order valence-electron chi connectivity index (χ1n) is 11.3. The fraction of sp³-hybridized carbons (Fsp3) is 0.950. The van der Waals surface area contributed by atoms with E-state index in [1.807, 2.05) is 0 Å². The zero-order chi connectivity index (χ0) is 26.9. The summed E-state index contributed by atoms with van der Waals surface area (Å²) in [6.07, 6.45) is -23.3. The number of hydrogen-bond donors (Lipinski definition) is 9. The van der Waals surface area contributed by atoms with Gasteiger partial charge in [0.1, 0.15) is 61.0 Å². The van der Waals surface area contributed by atoms with Crippen molar-refractivity contribution in [3.05, 3.63) is 0 Å². The molecule has 3 rings (SSSR count). The van der Waals surface area contributed by atoms with Crippen LogP contribution in [0.4, 0.5) is 0 Å². The Kier molecular flexibility index (Phi) is 9.97. The van der Waals surface area contributed by atoms with Gasteiger partial charge >= 0.3 is 5.97 Å². The first-order valence-corrected chi connectivity index (χ1v) is 11.3. The lowest BCUT2D eigenvalue weighted by Crippen LogP contribution is -2.65. The summed E-state index contributed by atoms with van der Waals surface area (Å²) < 4.78 is 31.7. The third kappa shape index (κ3) is 6.13. The van der Waals surface area contributed by atoms with Crippen molar-refractivity contribution in [2.24, 2.45) is 0 Å². The number of hydrogen-bond acceptors (Lipinski definition) is 16. The van der Waals surface area contributed by atoms with Crippen LogP contribution in [0.25, 0.3) is 0 Å². The van der Waals surface area contributed by atoms with Crippen LogP contribution in [0.2, 0.25) is 0 Å². The van der Waals surface area contributed by atoms with Crippen molar-refractivity contribution in [2.75, 3.05) is 13.2 Å². The smallest absolute Gasteiger partial charge is 0.303 e. The lowest BCUT2D eigenvalue weighted by Gasteiger charge is -2.46. The molecule has 0 amide bonds. The average molecular weight is 530 g/mol. The van der Waals surface area contributed by atoms with Gasteiger partial charge in [-0.1, -0.05) is 0 Å². The monoisotopic (exact) mass is 530 g/mol. The van der Waals surface area contributed by atoms with Crippen molar-refractivity contribution in [2.45, 2.75) is 106 Å². The normalized spacial score (nSPS) is 50.0. The molecule has 0 radical (unpaired) electrons. The Balaban J connectivity index is 1.62. The Bertz CT molecular complexity index is 724. The van der Waals surface area contributed by atoms with Gasteiger partial charge in [-0.05, 0) is 6.92 Å². The highest BCUT2D eigenvalue weighted by atomic mass is 16.7. The second kappa shape index (κ2) is 12.2. The van der Waals surface area contributed by atoms with Crippen molar-refractivity contribution in [1.29, 1.82) is 0 Å². The Morgan fingerprint density at radius 3 is 1.94 bits per heavy atom. The van der Waals surface area contributed by atoms with E-state index in [1.165, 1.54) is 6.92 Å². The standard InChI is InChI=1S/C20H34O16/c1-5-16(33-6(2)22)11(25)15(29)20(32-5)36-17-7(3-21)35-19(14(28)12(17)26)31-4-8-9(23)10(24)13(27)18(30)34-8/h5,7-21,23-30H,3-4H2,1-2H3/t5-,7+,8+,9+,10-,11-,12+,13+,14+,15+,16-,17+,18+,19+,20-/m0/s1. The maximum Gasteiger partial charge on any atom is 0.303 e. The van der Waals surface area contributed by atoms with Crippen molar-refractivity contribution in [1.82, 2.24) is 0 Å². The zero-order valence-electron chi connectivity index (χ0n) is 19.5. The number of esters is 1. The van der Waals surface area contributed by atoms with Crippen LogP contribution in [0.5, 0.6) is 0 Å². The summed E-state index contributed by atoms with van der Waals surface area (Å²) in [6.45, 7) is 1.25. The Morgan fingerprint density at radius 1 is 0.722 bits per heavy atom. The summed E-state index contributed by atoms with van der Waals surface area (Å²) in [4.78, 5) is 11.2. The summed E-state index contributed by atoms with van der Waals surface area (Å²) >= 11 is 0. The van der Waals surface area contributed by atoms with Gasteiger partial charge in [0.15, 0.2) is 25.0 Å². The highest BCUT2D eigenvalue weighted by molar-refractivity contribution is 5.66. The van der Waals surface area contributed by atoms with Crippen LogP contribution < -0.4 is 0 Å². The lowest BCUT2D eigenvalue weighted by molar-refractivity contribution is -0.361. The largest absolute Gasteiger partial charge is 0.457 e. The number of ether oxygens (including phenoxy) is 6. The van der Waals surface area contributed by atoms with Crippen molar-refractivity contribution < 1.29 is 79.2 Å². The zero-order valence-corrected chi connectivity index (χ0v) is 19.5. The molecule has 3 fully saturated rings. The molecule has 3 aliphatic rings. The first-order chi connectivity index (χ1) is 16.9. The molecule has 16 nitrogen and oxygen atoms in total. The van der Waals surface area contributed by atoms with Gasteiger partial charge in [-0.3, -0.25) is 4.79 Å². The van der Waals surface area contributed by atoms with Crippen molar-refractivity contribution in [3.63, 3.8) is 0 Å². The highest BCUT2D eigenvalue weighted by Crippen LogP contribution is 2.31. The number of aliphatic hydroxyl groups excluding tert-OH is 9. The fourth-order valence-electron chi connectivity index (χ4n) is 4.24. The number of carbonyl (C=O) groups is 1. The van der Waals surface area contributed by atoms with Crippen LogP contribution in [-0.2, 0) is 33.2 Å². The van der Waals surface area contributed by atoms with E-state index in [0.29, 0.717) is 0 Å². The van der Waals surface area contributed by atoms with E-state index in [1.54, 1.807) is 0 Å². The summed E-state index contributed by atoms with van der Waals surface area (Å²) in [5.41, 5.74) is 0. The number of carbonyl (C=O) groups excluding carboxylic acids is 1. The first kappa shape index (κ1) is 29.5. The average Bonchev–Trinajstić information content (AvgIpc) is 2.83. The Morgan fingerprint density at radius 2 is 1.33 bits per heavy atom. The molecule has 0 spiro atoms. The maximum absolute atomic E-state index is 11.2. The van der Waals surface area contributed by atoms with Gasteiger partial charge in [0.25, 0.3) is 0 Å². The Labute approximate surface area is 205 Å². The molecule has 210 valence electrons. The van der Waals surface area contributed by atoms with E-state index in [-0.39, 0.29) is 0 Å². The van der Waals surface area contributed by atoms with E-state index in [4.69, 9.17) is 28.4 Å². The van der Waals surface area contributed by atoms with Gasteiger partial charge in [-0.15, -0.1) is 0 Å². The molecule has 0 aromatic carbocycles. The molecule has 3 saturated heterocycles. The molecule has 3 heterocycles. The molecule has 16 heteroatoms. The van der Waals surface area contributed by atoms with Crippen LogP contribution >= 0.6 is 0 Å². The van der Waals surface area contributed by atoms with Gasteiger partial charge in [0.05, 0.1) is 19.3 Å². The van der Waals surface area contributed by atoms with Crippen LogP contribution in [0.1, 0.15) is 13.8 Å². The molecule has 3 aliphatic heterocycles. The van der Waals surface area contributed by atoms with Crippen LogP contribution in [0.3, 0.4) is 0 Å². The Hall–Kier alpha value is -1.09. The molecule has 0 aliphatic carbocycles. The quantitative estimate of drug-likeness (QED) is 0.139. The van der Waals surface area contributed by atoms with E-state index in [0.717, 1.165) is 6.92 Å². The number of rotatable bonds is 7. The SMILES string of the molecule is CC(=O)O[C@@H]1[C@@H](O)[C@@H](O)[C@H](O[C@H]2[C@H](O)[C@@H](O)[C@H](OC[C@H]3O[C@@H](O)[C@H](O)[C@@H](O)[C@@H]3O)O[C@@H]2CO)O[C@H]1C. The molecule has 0 unspecified atom stereocenters. The molecule has 0 bridgehead atoms. The topological polar surface area (TPSA) is 255 Å². The maximum atomic E-state index is 11.2. The van der Waals surface area contributed by atoms with Crippen LogP contribution in [-0.4, -0.2) is 157 Å². The molecule has 0 saturated carbocycles. The highest BCUT2D eigenvalue weighted by Gasteiger charge is 2.51. The molecular weight excluding hydrogens is 496 g/mol. The summed E-state index contributed by atoms with van der Waals surface area (Å²) in [5, 5.41) is 90.5. The van der Waals surface area contributed by atoms with Gasteiger partial charge in [-0.25, -0.2) is 0 Å². The summed E-state index contributed by atoms with van der Waals surface area (Å²) in [5.74, 6) is -0.710. The second-order valence-electron chi connectivity index (χ2n) is 8.94. The fourth-order valence-corrected chi connectivity index (χ4v) is 4.24. The number of aliphatic hydroxyl groups is 9. The van der Waals surface area contributed by atoms with E-state index < -0.39 is 111 Å².